The Hall–Kier alpha value is -2.66. The molecular weight excluding hydrogens is 338 g/mol. The van der Waals surface area contributed by atoms with E-state index in [0.717, 1.165) is 16.7 Å². The van der Waals surface area contributed by atoms with Gasteiger partial charge in [-0.1, -0.05) is 46.6 Å². The van der Waals surface area contributed by atoms with E-state index in [4.69, 9.17) is 16.1 Å². The molecule has 1 aromatic heterocycles. The standard InChI is InChI=1S/C19H18ClN3O2/c1-12-5-3-6-14(11-12)19-22-18(25-23-19)10-9-17(24)21-16-8-4-7-15(20)13(16)2/h3-8,11H,9-10H2,1-2H3,(H,21,24). The van der Waals surface area contributed by atoms with Crippen LogP contribution in [0.2, 0.25) is 5.02 Å². The van der Waals surface area contributed by atoms with Gasteiger partial charge in [0.05, 0.1) is 0 Å². The monoisotopic (exact) mass is 355 g/mol. The maximum atomic E-state index is 12.1. The van der Waals surface area contributed by atoms with Crippen LogP contribution >= 0.6 is 11.6 Å². The molecule has 0 unspecified atom stereocenters. The molecule has 0 aliphatic carbocycles. The Morgan fingerprint density at radius 3 is 2.80 bits per heavy atom. The number of nitrogens with zero attached hydrogens (tertiary/aromatic N) is 2. The zero-order chi connectivity index (χ0) is 17.8. The van der Waals surface area contributed by atoms with Gasteiger partial charge in [0.1, 0.15) is 0 Å². The summed E-state index contributed by atoms with van der Waals surface area (Å²) in [6.07, 6.45) is 0.631. The Balaban J connectivity index is 1.60. The summed E-state index contributed by atoms with van der Waals surface area (Å²) >= 11 is 6.06. The third-order valence-electron chi connectivity index (χ3n) is 3.85. The van der Waals surface area contributed by atoms with Crippen LogP contribution in [0.25, 0.3) is 11.4 Å². The summed E-state index contributed by atoms with van der Waals surface area (Å²) in [7, 11) is 0. The highest BCUT2D eigenvalue weighted by Gasteiger charge is 2.12. The van der Waals surface area contributed by atoms with Crippen LogP contribution in [0.1, 0.15) is 23.4 Å². The molecule has 0 saturated heterocycles. The van der Waals surface area contributed by atoms with Gasteiger partial charge in [-0.05, 0) is 37.6 Å². The summed E-state index contributed by atoms with van der Waals surface area (Å²) in [5, 5.41) is 7.46. The minimum atomic E-state index is -0.124. The fourth-order valence-electron chi connectivity index (χ4n) is 2.43. The third kappa shape index (κ3) is 4.25. The molecule has 128 valence electrons. The van der Waals surface area contributed by atoms with Crippen molar-refractivity contribution in [3.63, 3.8) is 0 Å². The zero-order valence-corrected chi connectivity index (χ0v) is 14.8. The maximum Gasteiger partial charge on any atom is 0.227 e. The van der Waals surface area contributed by atoms with Gasteiger partial charge >= 0.3 is 0 Å². The minimum Gasteiger partial charge on any atom is -0.339 e. The van der Waals surface area contributed by atoms with Crippen molar-refractivity contribution in [3.05, 3.63) is 64.5 Å². The lowest BCUT2D eigenvalue weighted by Crippen LogP contribution is -2.13. The lowest BCUT2D eigenvalue weighted by atomic mass is 10.1. The Bertz CT molecular complexity index is 905. The van der Waals surface area contributed by atoms with E-state index in [1.54, 1.807) is 12.1 Å². The van der Waals surface area contributed by atoms with E-state index < -0.39 is 0 Å². The predicted molar refractivity (Wildman–Crippen MR) is 97.6 cm³/mol. The molecule has 0 radical (unpaired) electrons. The van der Waals surface area contributed by atoms with Gasteiger partial charge in [0.2, 0.25) is 17.6 Å². The summed E-state index contributed by atoms with van der Waals surface area (Å²) in [6, 6.07) is 13.3. The van der Waals surface area contributed by atoms with Crippen molar-refractivity contribution < 1.29 is 9.32 Å². The number of nitrogens with one attached hydrogen (secondary N) is 1. The molecule has 0 atom stereocenters. The van der Waals surface area contributed by atoms with Crippen molar-refractivity contribution in [3.8, 4) is 11.4 Å². The molecule has 2 aromatic carbocycles. The van der Waals surface area contributed by atoms with E-state index in [9.17, 15) is 4.79 Å². The number of hydrogen-bond donors (Lipinski definition) is 1. The topological polar surface area (TPSA) is 68.0 Å². The van der Waals surface area contributed by atoms with Crippen LogP contribution in [-0.2, 0) is 11.2 Å². The zero-order valence-electron chi connectivity index (χ0n) is 14.0. The van der Waals surface area contributed by atoms with Gasteiger partial charge in [-0.2, -0.15) is 4.98 Å². The van der Waals surface area contributed by atoms with E-state index >= 15 is 0 Å². The molecule has 1 amide bonds. The van der Waals surface area contributed by atoms with Crippen LogP contribution < -0.4 is 5.32 Å². The second-order valence-electron chi connectivity index (χ2n) is 5.84. The number of benzene rings is 2. The van der Waals surface area contributed by atoms with Gasteiger partial charge in [-0.25, -0.2) is 0 Å². The van der Waals surface area contributed by atoms with Crippen molar-refractivity contribution in [2.75, 3.05) is 5.32 Å². The predicted octanol–water partition coefficient (Wildman–Crippen LogP) is 4.58. The first-order valence-electron chi connectivity index (χ1n) is 7.97. The number of aryl methyl sites for hydroxylation is 2. The molecule has 5 nitrogen and oxygen atoms in total. The Morgan fingerprint density at radius 2 is 2.00 bits per heavy atom. The average Bonchev–Trinajstić information content (AvgIpc) is 3.06. The minimum absolute atomic E-state index is 0.124. The van der Waals surface area contributed by atoms with Crippen molar-refractivity contribution >= 4 is 23.2 Å². The van der Waals surface area contributed by atoms with Crippen molar-refractivity contribution in [2.24, 2.45) is 0 Å². The molecule has 0 spiro atoms. The number of rotatable bonds is 5. The molecular formula is C19H18ClN3O2. The average molecular weight is 356 g/mol. The second-order valence-corrected chi connectivity index (χ2v) is 6.25. The quantitative estimate of drug-likeness (QED) is 0.727. The molecule has 1 heterocycles. The highest BCUT2D eigenvalue weighted by Crippen LogP contribution is 2.23. The van der Waals surface area contributed by atoms with Gasteiger partial charge in [0.25, 0.3) is 0 Å². The summed E-state index contributed by atoms with van der Waals surface area (Å²) < 4.78 is 5.24. The van der Waals surface area contributed by atoms with Crippen molar-refractivity contribution in [1.29, 1.82) is 0 Å². The van der Waals surface area contributed by atoms with Gasteiger partial charge in [-0.3, -0.25) is 4.79 Å². The summed E-state index contributed by atoms with van der Waals surface area (Å²) in [4.78, 5) is 16.5. The number of hydrogen-bond acceptors (Lipinski definition) is 4. The van der Waals surface area contributed by atoms with E-state index in [1.807, 2.05) is 44.2 Å². The SMILES string of the molecule is Cc1cccc(-c2noc(CCC(=O)Nc3cccc(Cl)c3C)n2)c1. The first kappa shape index (κ1) is 17.2. The maximum absolute atomic E-state index is 12.1. The van der Waals surface area contributed by atoms with E-state index in [1.165, 1.54) is 0 Å². The molecule has 1 N–H and O–H groups in total. The summed E-state index contributed by atoms with van der Waals surface area (Å²) in [5.74, 6) is 0.847. The normalized spacial score (nSPS) is 10.7. The number of anilines is 1. The molecule has 3 aromatic rings. The van der Waals surface area contributed by atoms with E-state index in [-0.39, 0.29) is 12.3 Å². The van der Waals surface area contributed by atoms with Gasteiger partial charge in [0, 0.05) is 29.1 Å². The Morgan fingerprint density at radius 1 is 1.20 bits per heavy atom. The molecule has 0 saturated carbocycles. The smallest absolute Gasteiger partial charge is 0.227 e. The molecule has 3 rings (SSSR count). The summed E-state index contributed by atoms with van der Waals surface area (Å²) in [6.45, 7) is 3.87. The first-order chi connectivity index (χ1) is 12.0. The largest absolute Gasteiger partial charge is 0.339 e. The Kier molecular flexibility index (Phi) is 5.14. The van der Waals surface area contributed by atoms with E-state index in [0.29, 0.717) is 28.8 Å². The van der Waals surface area contributed by atoms with Crippen LogP contribution in [0.5, 0.6) is 0 Å². The molecule has 0 fully saturated rings. The van der Waals surface area contributed by atoms with Crippen LogP contribution in [-0.4, -0.2) is 16.0 Å². The molecule has 0 bridgehead atoms. The number of carbonyl (C=O) groups excluding carboxylic acids is 1. The molecule has 6 heteroatoms. The van der Waals surface area contributed by atoms with Crippen LogP contribution in [0, 0.1) is 13.8 Å². The molecule has 25 heavy (non-hydrogen) atoms. The summed E-state index contributed by atoms with van der Waals surface area (Å²) in [5.41, 5.74) is 3.58. The molecule has 0 aliphatic heterocycles. The number of carbonyl (C=O) groups is 1. The van der Waals surface area contributed by atoms with Crippen LogP contribution in [0.4, 0.5) is 5.69 Å². The van der Waals surface area contributed by atoms with Crippen molar-refractivity contribution in [2.45, 2.75) is 26.7 Å². The second kappa shape index (κ2) is 7.49. The van der Waals surface area contributed by atoms with Crippen LogP contribution in [0.3, 0.4) is 0 Å². The highest BCUT2D eigenvalue weighted by molar-refractivity contribution is 6.31. The molecule has 0 aliphatic rings. The number of amides is 1. The number of aromatic nitrogens is 2. The lowest BCUT2D eigenvalue weighted by molar-refractivity contribution is -0.116. The number of halogens is 1. The fourth-order valence-corrected chi connectivity index (χ4v) is 2.61. The van der Waals surface area contributed by atoms with Crippen LogP contribution in [0.15, 0.2) is 47.0 Å². The highest BCUT2D eigenvalue weighted by atomic mass is 35.5. The van der Waals surface area contributed by atoms with Gasteiger partial charge in [0.15, 0.2) is 0 Å². The van der Waals surface area contributed by atoms with E-state index in [2.05, 4.69) is 15.5 Å². The lowest BCUT2D eigenvalue weighted by Gasteiger charge is -2.08. The fraction of sp³-hybridized carbons (Fsp3) is 0.211. The Labute approximate surface area is 151 Å². The van der Waals surface area contributed by atoms with Crippen molar-refractivity contribution in [1.82, 2.24) is 10.1 Å². The van der Waals surface area contributed by atoms with Gasteiger partial charge < -0.3 is 9.84 Å². The van der Waals surface area contributed by atoms with Gasteiger partial charge in [-0.15, -0.1) is 0 Å². The first-order valence-corrected chi connectivity index (χ1v) is 8.35. The third-order valence-corrected chi connectivity index (χ3v) is 4.26.